The van der Waals surface area contributed by atoms with E-state index in [2.05, 4.69) is 0 Å². The first-order chi connectivity index (χ1) is 9.06. The van der Waals surface area contributed by atoms with E-state index < -0.39 is 0 Å². The molecule has 1 heterocycles. The molecular weight excluding hydrogens is 256 g/mol. The Morgan fingerprint density at radius 3 is 2.42 bits per heavy atom. The number of thiophene rings is 1. The van der Waals surface area contributed by atoms with Gasteiger partial charge in [0, 0.05) is 10.4 Å². The van der Waals surface area contributed by atoms with Crippen molar-refractivity contribution in [2.75, 3.05) is 0 Å². The van der Waals surface area contributed by atoms with Crippen LogP contribution < -0.4 is 0 Å². The minimum atomic E-state index is 0.101. The fraction of sp³-hybridized carbons (Fsp3) is 0.250. The molecule has 0 aliphatic heterocycles. The van der Waals surface area contributed by atoms with Crippen LogP contribution in [-0.2, 0) is 12.8 Å². The summed E-state index contributed by atoms with van der Waals surface area (Å²) in [5.74, 6) is 0.227. The van der Waals surface area contributed by atoms with Gasteiger partial charge in [-0.15, -0.1) is 11.3 Å². The van der Waals surface area contributed by atoms with Gasteiger partial charge in [-0.25, -0.2) is 0 Å². The van der Waals surface area contributed by atoms with Crippen LogP contribution in [-0.4, -0.2) is 11.6 Å². The Labute approximate surface area is 116 Å². The van der Waals surface area contributed by atoms with E-state index in [0.29, 0.717) is 0 Å². The van der Waals surface area contributed by atoms with Crippen LogP contribution in [0, 0.1) is 0 Å². The number of Topliss-reactive ketones (excluding diaryl/α,β-unsaturated/α-hetero) is 2. The zero-order valence-corrected chi connectivity index (χ0v) is 11.8. The summed E-state index contributed by atoms with van der Waals surface area (Å²) in [4.78, 5) is 24.9. The summed E-state index contributed by atoms with van der Waals surface area (Å²) in [7, 11) is 0. The SMILES string of the molecule is CC(=O)c1ccc2c(c1)CCc1cc(C(C)=O)sc1-2. The minimum absolute atomic E-state index is 0.101. The normalized spacial score (nSPS) is 12.7. The lowest BCUT2D eigenvalue weighted by atomic mass is 9.89. The molecule has 96 valence electrons. The summed E-state index contributed by atoms with van der Waals surface area (Å²) in [5.41, 5.74) is 4.43. The van der Waals surface area contributed by atoms with E-state index >= 15 is 0 Å². The number of ketones is 2. The van der Waals surface area contributed by atoms with Crippen molar-refractivity contribution in [3.8, 4) is 10.4 Å². The molecule has 3 rings (SSSR count). The fourth-order valence-corrected chi connectivity index (χ4v) is 3.69. The first-order valence-electron chi connectivity index (χ1n) is 6.34. The molecule has 0 atom stereocenters. The molecule has 1 aliphatic rings. The largest absolute Gasteiger partial charge is 0.295 e. The predicted molar refractivity (Wildman–Crippen MR) is 77.2 cm³/mol. The molecule has 0 fully saturated rings. The quantitative estimate of drug-likeness (QED) is 0.775. The van der Waals surface area contributed by atoms with Crippen LogP contribution in [0.15, 0.2) is 24.3 Å². The third-order valence-corrected chi connectivity index (χ3v) is 4.89. The van der Waals surface area contributed by atoms with E-state index in [1.165, 1.54) is 21.6 Å². The molecule has 0 saturated carbocycles. The molecule has 0 amide bonds. The Morgan fingerprint density at radius 1 is 1.00 bits per heavy atom. The Balaban J connectivity index is 2.13. The van der Waals surface area contributed by atoms with Gasteiger partial charge in [-0.3, -0.25) is 9.59 Å². The Morgan fingerprint density at radius 2 is 1.74 bits per heavy atom. The Kier molecular flexibility index (Phi) is 2.86. The molecule has 0 saturated heterocycles. The molecule has 1 aliphatic carbocycles. The maximum Gasteiger partial charge on any atom is 0.169 e. The molecule has 0 spiro atoms. The third kappa shape index (κ3) is 2.04. The van der Waals surface area contributed by atoms with Crippen molar-refractivity contribution in [2.24, 2.45) is 0 Å². The van der Waals surface area contributed by atoms with Crippen molar-refractivity contribution in [3.05, 3.63) is 45.8 Å². The van der Waals surface area contributed by atoms with E-state index in [-0.39, 0.29) is 11.6 Å². The van der Waals surface area contributed by atoms with Crippen molar-refractivity contribution < 1.29 is 9.59 Å². The summed E-state index contributed by atoms with van der Waals surface area (Å²) in [6, 6.07) is 7.91. The van der Waals surface area contributed by atoms with E-state index in [0.717, 1.165) is 23.3 Å². The highest BCUT2D eigenvalue weighted by Crippen LogP contribution is 2.40. The van der Waals surface area contributed by atoms with Gasteiger partial charge in [-0.1, -0.05) is 12.1 Å². The lowest BCUT2D eigenvalue weighted by Gasteiger charge is -2.16. The molecule has 0 N–H and O–H groups in total. The van der Waals surface area contributed by atoms with E-state index in [9.17, 15) is 9.59 Å². The number of aryl methyl sites for hydroxylation is 2. The molecule has 3 heteroatoms. The first-order valence-corrected chi connectivity index (χ1v) is 7.16. The molecule has 1 aromatic carbocycles. The van der Waals surface area contributed by atoms with Gasteiger partial charge in [0.1, 0.15) is 0 Å². The van der Waals surface area contributed by atoms with E-state index in [1.807, 2.05) is 24.3 Å². The topological polar surface area (TPSA) is 34.1 Å². The van der Waals surface area contributed by atoms with Crippen LogP contribution in [0.25, 0.3) is 10.4 Å². The number of fused-ring (bicyclic) bond motifs is 3. The van der Waals surface area contributed by atoms with Crippen LogP contribution >= 0.6 is 11.3 Å². The summed E-state index contributed by atoms with van der Waals surface area (Å²) >= 11 is 1.57. The number of hydrogen-bond donors (Lipinski definition) is 0. The monoisotopic (exact) mass is 270 g/mol. The van der Waals surface area contributed by atoms with Crippen LogP contribution in [0.4, 0.5) is 0 Å². The molecule has 19 heavy (non-hydrogen) atoms. The highest BCUT2D eigenvalue weighted by molar-refractivity contribution is 7.17. The minimum Gasteiger partial charge on any atom is -0.295 e. The highest BCUT2D eigenvalue weighted by atomic mass is 32.1. The fourth-order valence-electron chi connectivity index (χ4n) is 2.53. The first kappa shape index (κ1) is 12.3. The zero-order chi connectivity index (χ0) is 13.6. The summed E-state index contributed by atoms with van der Waals surface area (Å²) in [5, 5.41) is 0. The van der Waals surface area contributed by atoms with Crippen molar-refractivity contribution >= 4 is 22.9 Å². The number of hydrogen-bond acceptors (Lipinski definition) is 3. The van der Waals surface area contributed by atoms with Crippen molar-refractivity contribution in [1.29, 1.82) is 0 Å². The van der Waals surface area contributed by atoms with Gasteiger partial charge in [0.25, 0.3) is 0 Å². The average molecular weight is 270 g/mol. The average Bonchev–Trinajstić information content (AvgIpc) is 2.82. The smallest absolute Gasteiger partial charge is 0.169 e. The second-order valence-corrected chi connectivity index (χ2v) is 6.00. The number of carbonyl (C=O) groups is 2. The van der Waals surface area contributed by atoms with Gasteiger partial charge < -0.3 is 0 Å². The third-order valence-electron chi connectivity index (χ3n) is 3.58. The predicted octanol–water partition coefficient (Wildman–Crippen LogP) is 3.92. The van der Waals surface area contributed by atoms with Crippen molar-refractivity contribution in [1.82, 2.24) is 0 Å². The highest BCUT2D eigenvalue weighted by Gasteiger charge is 2.21. The maximum absolute atomic E-state index is 11.5. The van der Waals surface area contributed by atoms with Gasteiger partial charge in [0.05, 0.1) is 4.88 Å². The van der Waals surface area contributed by atoms with Crippen LogP contribution in [0.1, 0.15) is 45.0 Å². The van der Waals surface area contributed by atoms with Gasteiger partial charge in [-0.05, 0) is 55.5 Å². The maximum atomic E-state index is 11.5. The van der Waals surface area contributed by atoms with Gasteiger partial charge in [-0.2, -0.15) is 0 Å². The molecule has 1 aromatic heterocycles. The lowest BCUT2D eigenvalue weighted by molar-refractivity contribution is 0.101. The number of rotatable bonds is 2. The zero-order valence-electron chi connectivity index (χ0n) is 10.9. The second-order valence-electron chi connectivity index (χ2n) is 4.95. The molecular formula is C16H14O2S. The van der Waals surface area contributed by atoms with Gasteiger partial charge >= 0.3 is 0 Å². The lowest BCUT2D eigenvalue weighted by Crippen LogP contribution is -2.03. The van der Waals surface area contributed by atoms with Gasteiger partial charge in [0.2, 0.25) is 0 Å². The van der Waals surface area contributed by atoms with Crippen molar-refractivity contribution in [2.45, 2.75) is 26.7 Å². The van der Waals surface area contributed by atoms with Crippen LogP contribution in [0.5, 0.6) is 0 Å². The molecule has 0 unspecified atom stereocenters. The molecule has 0 bridgehead atoms. The second kappa shape index (κ2) is 4.42. The van der Waals surface area contributed by atoms with Crippen molar-refractivity contribution in [3.63, 3.8) is 0 Å². The molecule has 2 nitrogen and oxygen atoms in total. The number of carbonyl (C=O) groups excluding carboxylic acids is 2. The Bertz CT molecular complexity index is 695. The summed E-state index contributed by atoms with van der Waals surface area (Å²) < 4.78 is 0. The molecule has 0 radical (unpaired) electrons. The van der Waals surface area contributed by atoms with E-state index in [4.69, 9.17) is 0 Å². The van der Waals surface area contributed by atoms with Crippen LogP contribution in [0.2, 0.25) is 0 Å². The standard InChI is InChI=1S/C16H14O2S/c1-9(17)11-5-6-14-12(7-11)3-4-13-8-15(10(2)18)19-16(13)14/h5-8H,3-4H2,1-2H3. The summed E-state index contributed by atoms with van der Waals surface area (Å²) in [6.45, 7) is 3.20. The van der Waals surface area contributed by atoms with Crippen LogP contribution in [0.3, 0.4) is 0 Å². The summed E-state index contributed by atoms with van der Waals surface area (Å²) in [6.07, 6.45) is 1.89. The molecule has 2 aromatic rings. The Hall–Kier alpha value is -1.74. The van der Waals surface area contributed by atoms with Gasteiger partial charge in [0.15, 0.2) is 11.6 Å². The number of benzene rings is 1. The van der Waals surface area contributed by atoms with E-state index in [1.54, 1.807) is 25.2 Å².